The second-order valence-electron chi connectivity index (χ2n) is 5.88. The van der Waals surface area contributed by atoms with E-state index in [1.807, 2.05) is 6.92 Å². The van der Waals surface area contributed by atoms with E-state index in [1.165, 1.54) is 0 Å². The topological polar surface area (TPSA) is 116 Å². The number of esters is 2. The van der Waals surface area contributed by atoms with E-state index in [2.05, 4.69) is 10.6 Å². The van der Waals surface area contributed by atoms with Gasteiger partial charge in [-0.05, 0) is 33.3 Å². The van der Waals surface area contributed by atoms with Gasteiger partial charge in [-0.25, -0.2) is 4.79 Å². The highest BCUT2D eigenvalue weighted by atomic mass is 16.5. The van der Waals surface area contributed by atoms with Crippen molar-refractivity contribution in [1.82, 2.24) is 15.2 Å². The average Bonchev–Trinajstić information content (AvgIpc) is 2.91. The highest BCUT2D eigenvalue weighted by Crippen LogP contribution is 2.16. The Kier molecular flexibility index (Phi) is 9.04. The maximum atomic E-state index is 12.0. The third kappa shape index (κ3) is 7.12. The zero-order valence-corrected chi connectivity index (χ0v) is 16.2. The molecule has 1 aromatic rings. The highest BCUT2D eigenvalue weighted by Gasteiger charge is 2.19. The zero-order chi connectivity index (χ0) is 20.4. The van der Waals surface area contributed by atoms with Gasteiger partial charge in [0.1, 0.15) is 6.54 Å². The molecule has 0 aromatic carbocycles. The average molecular weight is 381 g/mol. The lowest BCUT2D eigenvalue weighted by molar-refractivity contribution is -0.149. The molecule has 0 saturated heterocycles. The molecule has 0 fully saturated rings. The Morgan fingerprint density at radius 1 is 1.04 bits per heavy atom. The predicted molar refractivity (Wildman–Crippen MR) is 97.1 cm³/mol. The standard InChI is InChI=1S/C18H27N3O6/c1-5-7-19-15(22)9-20-16(23)11-27-17(24)10-21-12(3)8-14(13(21)4)18(25)26-6-2/h8H,5-7,9-11H2,1-4H3,(H,19,22)(H,20,23). The second-order valence-corrected chi connectivity index (χ2v) is 5.88. The van der Waals surface area contributed by atoms with Gasteiger partial charge in [0.05, 0.1) is 18.7 Å². The Morgan fingerprint density at radius 2 is 1.74 bits per heavy atom. The first-order valence-electron chi connectivity index (χ1n) is 8.82. The van der Waals surface area contributed by atoms with Crippen LogP contribution in [0.5, 0.6) is 0 Å². The van der Waals surface area contributed by atoms with Crippen molar-refractivity contribution in [2.75, 3.05) is 26.3 Å². The summed E-state index contributed by atoms with van der Waals surface area (Å²) in [7, 11) is 0. The molecule has 27 heavy (non-hydrogen) atoms. The van der Waals surface area contributed by atoms with Crippen LogP contribution in [0, 0.1) is 13.8 Å². The van der Waals surface area contributed by atoms with Crippen molar-refractivity contribution in [2.24, 2.45) is 0 Å². The number of aryl methyl sites for hydroxylation is 1. The molecular formula is C18H27N3O6. The van der Waals surface area contributed by atoms with Crippen LogP contribution in [0.1, 0.15) is 42.0 Å². The van der Waals surface area contributed by atoms with E-state index < -0.39 is 24.5 Å². The first-order chi connectivity index (χ1) is 12.8. The third-order valence-corrected chi connectivity index (χ3v) is 3.74. The molecule has 2 amide bonds. The summed E-state index contributed by atoms with van der Waals surface area (Å²) in [5, 5.41) is 4.99. The molecule has 0 radical (unpaired) electrons. The Balaban J connectivity index is 2.50. The maximum absolute atomic E-state index is 12.0. The van der Waals surface area contributed by atoms with Gasteiger partial charge in [0, 0.05) is 17.9 Å². The van der Waals surface area contributed by atoms with Gasteiger partial charge in [-0.2, -0.15) is 0 Å². The van der Waals surface area contributed by atoms with Crippen LogP contribution >= 0.6 is 0 Å². The van der Waals surface area contributed by atoms with Crippen LogP contribution in [-0.4, -0.2) is 54.6 Å². The van der Waals surface area contributed by atoms with Gasteiger partial charge in [0.2, 0.25) is 5.91 Å². The number of rotatable bonds is 10. The molecule has 1 heterocycles. The number of amides is 2. The van der Waals surface area contributed by atoms with E-state index in [0.717, 1.165) is 6.42 Å². The maximum Gasteiger partial charge on any atom is 0.339 e. The van der Waals surface area contributed by atoms with Crippen LogP contribution in [-0.2, 0) is 30.4 Å². The van der Waals surface area contributed by atoms with E-state index in [-0.39, 0.29) is 25.6 Å². The largest absolute Gasteiger partial charge is 0.462 e. The number of hydrogen-bond acceptors (Lipinski definition) is 6. The number of aromatic nitrogens is 1. The molecule has 1 rings (SSSR count). The Morgan fingerprint density at radius 3 is 2.37 bits per heavy atom. The molecule has 0 saturated carbocycles. The fourth-order valence-electron chi connectivity index (χ4n) is 2.34. The minimum Gasteiger partial charge on any atom is -0.462 e. The molecule has 150 valence electrons. The minimum atomic E-state index is -0.627. The van der Waals surface area contributed by atoms with Gasteiger partial charge >= 0.3 is 11.9 Å². The summed E-state index contributed by atoms with van der Waals surface area (Å²) in [6.07, 6.45) is 0.799. The van der Waals surface area contributed by atoms with Crippen LogP contribution in [0.4, 0.5) is 0 Å². The first kappa shape index (κ1) is 22.2. The molecular weight excluding hydrogens is 354 g/mol. The van der Waals surface area contributed by atoms with Gasteiger partial charge < -0.3 is 24.7 Å². The smallest absolute Gasteiger partial charge is 0.339 e. The molecule has 0 spiro atoms. The van der Waals surface area contributed by atoms with Crippen LogP contribution < -0.4 is 10.6 Å². The molecule has 2 N–H and O–H groups in total. The molecule has 0 aliphatic carbocycles. The molecule has 0 atom stereocenters. The van der Waals surface area contributed by atoms with Crippen molar-refractivity contribution in [3.05, 3.63) is 23.0 Å². The highest BCUT2D eigenvalue weighted by molar-refractivity contribution is 5.91. The van der Waals surface area contributed by atoms with E-state index in [0.29, 0.717) is 23.5 Å². The van der Waals surface area contributed by atoms with Gasteiger partial charge in [-0.3, -0.25) is 14.4 Å². The van der Waals surface area contributed by atoms with Gasteiger partial charge in [-0.1, -0.05) is 6.92 Å². The molecule has 9 nitrogen and oxygen atoms in total. The van der Waals surface area contributed by atoms with E-state index >= 15 is 0 Å². The van der Waals surface area contributed by atoms with Crippen molar-refractivity contribution in [3.8, 4) is 0 Å². The van der Waals surface area contributed by atoms with Gasteiger partial charge in [0.25, 0.3) is 5.91 Å². The van der Waals surface area contributed by atoms with Crippen molar-refractivity contribution in [2.45, 2.75) is 40.7 Å². The van der Waals surface area contributed by atoms with Crippen molar-refractivity contribution < 1.29 is 28.7 Å². The monoisotopic (exact) mass is 381 g/mol. The summed E-state index contributed by atoms with van der Waals surface area (Å²) < 4.78 is 11.5. The zero-order valence-electron chi connectivity index (χ0n) is 16.2. The summed E-state index contributed by atoms with van der Waals surface area (Å²) in [5.74, 6) is -1.95. The molecule has 9 heteroatoms. The summed E-state index contributed by atoms with van der Waals surface area (Å²) in [4.78, 5) is 46.9. The number of nitrogens with one attached hydrogen (secondary N) is 2. The normalized spacial score (nSPS) is 10.2. The molecule has 0 unspecified atom stereocenters. The van der Waals surface area contributed by atoms with Crippen molar-refractivity contribution >= 4 is 23.8 Å². The Bertz CT molecular complexity index is 696. The van der Waals surface area contributed by atoms with E-state index in [9.17, 15) is 19.2 Å². The molecule has 0 aliphatic rings. The summed E-state index contributed by atoms with van der Waals surface area (Å²) >= 11 is 0. The fraction of sp³-hybridized carbons (Fsp3) is 0.556. The number of carbonyl (C=O) groups excluding carboxylic acids is 4. The number of hydrogen-bond donors (Lipinski definition) is 2. The summed E-state index contributed by atoms with van der Waals surface area (Å²) in [5.41, 5.74) is 1.67. The first-order valence-corrected chi connectivity index (χ1v) is 8.82. The van der Waals surface area contributed by atoms with Gasteiger partial charge in [-0.15, -0.1) is 0 Å². The number of ether oxygens (including phenoxy) is 2. The molecule has 1 aromatic heterocycles. The Hall–Kier alpha value is -2.84. The van der Waals surface area contributed by atoms with Crippen molar-refractivity contribution in [1.29, 1.82) is 0 Å². The van der Waals surface area contributed by atoms with E-state index in [1.54, 1.807) is 31.4 Å². The minimum absolute atomic E-state index is 0.138. The quantitative estimate of drug-likeness (QED) is 0.569. The van der Waals surface area contributed by atoms with Crippen molar-refractivity contribution in [3.63, 3.8) is 0 Å². The van der Waals surface area contributed by atoms with E-state index in [4.69, 9.17) is 9.47 Å². The third-order valence-electron chi connectivity index (χ3n) is 3.74. The van der Waals surface area contributed by atoms with Crippen LogP contribution in [0.25, 0.3) is 0 Å². The Labute approximate surface area is 158 Å². The predicted octanol–water partition coefficient (Wildman–Crippen LogP) is 0.467. The number of nitrogens with zero attached hydrogens (tertiary/aromatic N) is 1. The lowest BCUT2D eigenvalue weighted by Gasteiger charge is -2.10. The van der Waals surface area contributed by atoms with Crippen LogP contribution in [0.15, 0.2) is 6.07 Å². The fourth-order valence-corrected chi connectivity index (χ4v) is 2.34. The SMILES string of the molecule is CCCNC(=O)CNC(=O)COC(=O)Cn1c(C)cc(C(=O)OCC)c1C. The summed E-state index contributed by atoms with van der Waals surface area (Å²) in [6, 6.07) is 1.64. The molecule has 0 bridgehead atoms. The molecule has 0 aliphatic heterocycles. The van der Waals surface area contributed by atoms with Gasteiger partial charge in [0.15, 0.2) is 6.61 Å². The summed E-state index contributed by atoms with van der Waals surface area (Å²) in [6.45, 7) is 7.09. The number of carbonyl (C=O) groups is 4. The van der Waals surface area contributed by atoms with Crippen LogP contribution in [0.2, 0.25) is 0 Å². The lowest BCUT2D eigenvalue weighted by atomic mass is 10.2. The van der Waals surface area contributed by atoms with Crippen LogP contribution in [0.3, 0.4) is 0 Å². The second kappa shape index (κ2) is 11.0. The lowest BCUT2D eigenvalue weighted by Crippen LogP contribution is -2.39.